The standard InChI is InChI=1S/C5H8N2O.C2HF3O2/c1-2-4(6)3-5(7)8;3-2(4,5)1(6)7/h1,4H,3,6H2,(H2,7,8);(H,6,7)/t4-;/m0./s1. The molecule has 1 atom stereocenters. The first-order chi connectivity index (χ1) is 6.61. The molecule has 0 aliphatic rings. The van der Waals surface area contributed by atoms with E-state index in [1.54, 1.807) is 0 Å². The van der Waals surface area contributed by atoms with Crippen LogP contribution in [0.2, 0.25) is 0 Å². The second-order valence-corrected chi connectivity index (χ2v) is 2.25. The molecule has 1 amide bonds. The minimum Gasteiger partial charge on any atom is -0.475 e. The highest BCUT2D eigenvalue weighted by molar-refractivity contribution is 5.74. The van der Waals surface area contributed by atoms with E-state index in [1.165, 1.54) is 0 Å². The Balaban J connectivity index is 0. The summed E-state index contributed by atoms with van der Waals surface area (Å²) in [5.74, 6) is -1.05. The lowest BCUT2D eigenvalue weighted by molar-refractivity contribution is -0.192. The number of halogens is 3. The van der Waals surface area contributed by atoms with Gasteiger partial charge in [0.25, 0.3) is 0 Å². The molecule has 0 rings (SSSR count). The molecule has 0 saturated carbocycles. The maximum atomic E-state index is 10.6. The Morgan fingerprint density at radius 2 is 1.80 bits per heavy atom. The van der Waals surface area contributed by atoms with Crippen LogP contribution in [-0.4, -0.2) is 29.2 Å². The molecule has 8 heteroatoms. The van der Waals surface area contributed by atoms with E-state index in [4.69, 9.17) is 27.8 Å². The monoisotopic (exact) mass is 226 g/mol. The van der Waals surface area contributed by atoms with Crippen molar-refractivity contribution in [2.75, 3.05) is 0 Å². The van der Waals surface area contributed by atoms with Crippen LogP contribution < -0.4 is 11.5 Å². The maximum absolute atomic E-state index is 10.6. The third kappa shape index (κ3) is 12.2. The van der Waals surface area contributed by atoms with Crippen molar-refractivity contribution in [2.45, 2.75) is 18.6 Å². The number of carbonyl (C=O) groups excluding carboxylic acids is 1. The van der Waals surface area contributed by atoms with E-state index in [2.05, 4.69) is 5.92 Å². The number of amides is 1. The summed E-state index contributed by atoms with van der Waals surface area (Å²) in [6, 6.07) is -0.521. The zero-order valence-electron chi connectivity index (χ0n) is 7.41. The van der Waals surface area contributed by atoms with Crippen LogP contribution in [0.5, 0.6) is 0 Å². The van der Waals surface area contributed by atoms with E-state index in [9.17, 15) is 18.0 Å². The first-order valence-corrected chi connectivity index (χ1v) is 3.41. The summed E-state index contributed by atoms with van der Waals surface area (Å²) in [4.78, 5) is 18.9. The topological polar surface area (TPSA) is 106 Å². The number of terminal acetylenes is 1. The van der Waals surface area contributed by atoms with Gasteiger partial charge in [-0.05, 0) is 0 Å². The van der Waals surface area contributed by atoms with Gasteiger partial charge < -0.3 is 16.6 Å². The molecule has 0 bridgehead atoms. The van der Waals surface area contributed by atoms with Gasteiger partial charge in [-0.15, -0.1) is 6.42 Å². The molecule has 0 radical (unpaired) electrons. The quantitative estimate of drug-likeness (QED) is 0.549. The molecule has 5 N–H and O–H groups in total. The normalized spacial score (nSPS) is 11.7. The Morgan fingerprint density at radius 3 is 1.87 bits per heavy atom. The number of aliphatic carboxylic acids is 1. The van der Waals surface area contributed by atoms with Gasteiger partial charge in [0.05, 0.1) is 12.5 Å². The number of carbonyl (C=O) groups is 2. The molecule has 0 heterocycles. The van der Waals surface area contributed by atoms with Crippen molar-refractivity contribution in [3.8, 4) is 12.3 Å². The van der Waals surface area contributed by atoms with Crippen LogP contribution >= 0.6 is 0 Å². The van der Waals surface area contributed by atoms with Crippen molar-refractivity contribution in [1.82, 2.24) is 0 Å². The molecule has 0 aromatic heterocycles. The van der Waals surface area contributed by atoms with Gasteiger partial charge in [0.15, 0.2) is 0 Å². The molecule has 0 unspecified atom stereocenters. The molecule has 0 spiro atoms. The summed E-state index contributed by atoms with van der Waals surface area (Å²) in [5.41, 5.74) is 9.89. The van der Waals surface area contributed by atoms with Gasteiger partial charge in [-0.1, -0.05) is 5.92 Å². The van der Waals surface area contributed by atoms with Crippen molar-refractivity contribution in [3.05, 3.63) is 0 Å². The second kappa shape index (κ2) is 6.67. The largest absolute Gasteiger partial charge is 0.490 e. The summed E-state index contributed by atoms with van der Waals surface area (Å²) >= 11 is 0. The Labute approximate surface area is 83.2 Å². The van der Waals surface area contributed by atoms with Crippen LogP contribution in [0.3, 0.4) is 0 Å². The van der Waals surface area contributed by atoms with Crippen molar-refractivity contribution in [1.29, 1.82) is 0 Å². The Kier molecular flexibility index (Phi) is 6.98. The first-order valence-electron chi connectivity index (χ1n) is 3.41. The Hall–Kier alpha value is -1.75. The number of carboxylic acids is 1. The lowest BCUT2D eigenvalue weighted by Gasteiger charge is -1.95. The van der Waals surface area contributed by atoms with Gasteiger partial charge in [0.2, 0.25) is 5.91 Å². The van der Waals surface area contributed by atoms with E-state index in [-0.39, 0.29) is 6.42 Å². The fraction of sp³-hybridized carbons (Fsp3) is 0.429. The number of carboxylic acid groups (broad SMARTS) is 1. The van der Waals surface area contributed by atoms with Crippen molar-refractivity contribution < 1.29 is 27.9 Å². The molecule has 15 heavy (non-hydrogen) atoms. The third-order valence-electron chi connectivity index (χ3n) is 0.878. The summed E-state index contributed by atoms with van der Waals surface area (Å²) in [6.07, 6.45) is -0.180. The van der Waals surface area contributed by atoms with Crippen LogP contribution in [0.25, 0.3) is 0 Å². The highest BCUT2D eigenvalue weighted by Crippen LogP contribution is 2.13. The lowest BCUT2D eigenvalue weighted by Crippen LogP contribution is -2.25. The average Bonchev–Trinajstić information content (AvgIpc) is 2.02. The summed E-state index contributed by atoms with van der Waals surface area (Å²) in [7, 11) is 0. The summed E-state index contributed by atoms with van der Waals surface area (Å²) in [6.45, 7) is 0. The second-order valence-electron chi connectivity index (χ2n) is 2.25. The smallest absolute Gasteiger partial charge is 0.475 e. The molecule has 5 nitrogen and oxygen atoms in total. The number of rotatable bonds is 2. The van der Waals surface area contributed by atoms with Crippen molar-refractivity contribution in [3.63, 3.8) is 0 Å². The van der Waals surface area contributed by atoms with Gasteiger partial charge in [-0.3, -0.25) is 4.79 Å². The van der Waals surface area contributed by atoms with Crippen LogP contribution in [0.1, 0.15) is 6.42 Å². The highest BCUT2D eigenvalue weighted by atomic mass is 19.4. The van der Waals surface area contributed by atoms with E-state index in [0.29, 0.717) is 0 Å². The van der Waals surface area contributed by atoms with Gasteiger partial charge in [0.1, 0.15) is 0 Å². The average molecular weight is 226 g/mol. The molecule has 86 valence electrons. The maximum Gasteiger partial charge on any atom is 0.490 e. The number of hydrogen-bond acceptors (Lipinski definition) is 3. The minimum atomic E-state index is -5.08. The highest BCUT2D eigenvalue weighted by Gasteiger charge is 2.38. The van der Waals surface area contributed by atoms with Crippen molar-refractivity contribution in [2.24, 2.45) is 11.5 Å². The van der Waals surface area contributed by atoms with E-state index < -0.39 is 24.1 Å². The van der Waals surface area contributed by atoms with Gasteiger partial charge >= 0.3 is 12.1 Å². The Bertz CT molecular complexity index is 270. The molecule has 0 aliphatic heterocycles. The number of primary amides is 1. The molecule has 0 fully saturated rings. The van der Waals surface area contributed by atoms with E-state index >= 15 is 0 Å². The van der Waals surface area contributed by atoms with E-state index in [1.807, 2.05) is 0 Å². The van der Waals surface area contributed by atoms with Crippen LogP contribution in [0, 0.1) is 12.3 Å². The Morgan fingerprint density at radius 1 is 1.47 bits per heavy atom. The molecule has 0 aromatic carbocycles. The molecule has 0 aliphatic carbocycles. The fourth-order valence-corrected chi connectivity index (χ4v) is 0.276. The van der Waals surface area contributed by atoms with Gasteiger partial charge in [0, 0.05) is 0 Å². The zero-order valence-corrected chi connectivity index (χ0v) is 7.41. The van der Waals surface area contributed by atoms with E-state index in [0.717, 1.165) is 0 Å². The van der Waals surface area contributed by atoms with Crippen LogP contribution in [0.15, 0.2) is 0 Å². The van der Waals surface area contributed by atoms with Crippen LogP contribution in [-0.2, 0) is 9.59 Å². The summed E-state index contributed by atoms with van der Waals surface area (Å²) < 4.78 is 31.7. The summed E-state index contributed by atoms with van der Waals surface area (Å²) in [5, 5.41) is 7.12. The number of hydrogen-bond donors (Lipinski definition) is 3. The minimum absolute atomic E-state index is 0.0660. The number of alkyl halides is 3. The first kappa shape index (κ1) is 15.7. The lowest BCUT2D eigenvalue weighted by atomic mass is 10.2. The molecular formula is C7H9F3N2O3. The van der Waals surface area contributed by atoms with Gasteiger partial charge in [-0.25, -0.2) is 4.79 Å². The molecular weight excluding hydrogens is 217 g/mol. The van der Waals surface area contributed by atoms with Gasteiger partial charge in [-0.2, -0.15) is 13.2 Å². The number of nitrogens with two attached hydrogens (primary N) is 2. The molecule has 0 saturated heterocycles. The predicted molar refractivity (Wildman–Crippen MR) is 44.3 cm³/mol. The third-order valence-corrected chi connectivity index (χ3v) is 0.878. The van der Waals surface area contributed by atoms with Crippen LogP contribution in [0.4, 0.5) is 13.2 Å². The zero-order chi connectivity index (χ0) is 12.6. The van der Waals surface area contributed by atoms with Crippen molar-refractivity contribution >= 4 is 11.9 Å². The molecule has 0 aromatic rings. The predicted octanol–water partition coefficient (Wildman–Crippen LogP) is -0.544. The fourth-order valence-electron chi connectivity index (χ4n) is 0.276. The SMILES string of the molecule is C#C[C@H](N)CC(N)=O.O=C(O)C(F)(F)F.